The molecule has 3 rings (SSSR count). The number of hydrogen-bond donors (Lipinski definition) is 0. The zero-order valence-electron chi connectivity index (χ0n) is 19.4. The third-order valence-corrected chi connectivity index (χ3v) is 5.17. The van der Waals surface area contributed by atoms with E-state index in [1.165, 1.54) is 5.56 Å². The average molecular weight is 433 g/mol. The van der Waals surface area contributed by atoms with E-state index in [0.717, 1.165) is 40.0 Å². The van der Waals surface area contributed by atoms with Crippen LogP contribution in [0.3, 0.4) is 0 Å². The number of ether oxygens (including phenoxy) is 2. The minimum atomic E-state index is -0.220. The van der Waals surface area contributed by atoms with E-state index in [-0.39, 0.29) is 6.10 Å². The Morgan fingerprint density at radius 3 is 2.39 bits per heavy atom. The molecule has 2 nitrogen and oxygen atoms in total. The van der Waals surface area contributed by atoms with Crippen LogP contribution in [0.1, 0.15) is 46.7 Å². The quantitative estimate of drug-likeness (QED) is 0.450. The molecular weight excluding hydrogens is 404 g/mol. The molecule has 0 aromatic heterocycles. The van der Waals surface area contributed by atoms with E-state index < -0.39 is 0 Å². The highest BCUT2D eigenvalue weighted by atomic mass is 16.5. The Labute approximate surface area is 198 Å². The highest BCUT2D eigenvalue weighted by Gasteiger charge is 2.09. The summed E-state index contributed by atoms with van der Waals surface area (Å²) in [7, 11) is 1.65. The molecule has 0 heterocycles. The van der Waals surface area contributed by atoms with Crippen molar-refractivity contribution >= 4 is 0 Å². The van der Waals surface area contributed by atoms with Crippen LogP contribution in [0.5, 0.6) is 5.75 Å². The summed E-state index contributed by atoms with van der Waals surface area (Å²) in [5.74, 6) is 16.4. The standard InChI is InChI=1S/C31H28O2/c1-5-6-10-27-11-7-8-12-28(27)21-22-30-29(13-9-14-31(30)32-4)23-33-25(3)17-20-26-18-15-24(2)16-19-26/h1,7-9,11-16,18-19,25H,6,10,23H2,2-4H3/t25-/m0/s1. The molecule has 0 aliphatic heterocycles. The lowest BCUT2D eigenvalue weighted by Crippen LogP contribution is -2.07. The van der Waals surface area contributed by atoms with Gasteiger partial charge in [0, 0.05) is 17.5 Å². The second-order valence-corrected chi connectivity index (χ2v) is 7.69. The summed E-state index contributed by atoms with van der Waals surface area (Å²) >= 11 is 0. The fraction of sp³-hybridized carbons (Fsp3) is 0.226. The summed E-state index contributed by atoms with van der Waals surface area (Å²) in [5, 5.41) is 0. The normalized spacial score (nSPS) is 10.7. The maximum atomic E-state index is 6.02. The highest BCUT2D eigenvalue weighted by molar-refractivity contribution is 5.55. The Balaban J connectivity index is 1.79. The van der Waals surface area contributed by atoms with Crippen LogP contribution in [0.25, 0.3) is 0 Å². The van der Waals surface area contributed by atoms with Gasteiger partial charge >= 0.3 is 0 Å². The van der Waals surface area contributed by atoms with Crippen LogP contribution in [0, 0.1) is 42.9 Å². The zero-order chi connectivity index (χ0) is 23.5. The summed E-state index contributed by atoms with van der Waals surface area (Å²) in [6, 6.07) is 22.1. The molecule has 164 valence electrons. The van der Waals surface area contributed by atoms with E-state index in [9.17, 15) is 0 Å². The summed E-state index contributed by atoms with van der Waals surface area (Å²) in [6.45, 7) is 4.41. The van der Waals surface area contributed by atoms with E-state index in [4.69, 9.17) is 15.9 Å². The van der Waals surface area contributed by atoms with Crippen LogP contribution in [0.2, 0.25) is 0 Å². The van der Waals surface area contributed by atoms with Crippen molar-refractivity contribution in [1.29, 1.82) is 0 Å². The van der Waals surface area contributed by atoms with Crippen molar-refractivity contribution in [3.63, 3.8) is 0 Å². The lowest BCUT2D eigenvalue weighted by Gasteiger charge is -2.12. The Bertz CT molecular complexity index is 1240. The maximum Gasteiger partial charge on any atom is 0.134 e. The van der Waals surface area contributed by atoms with Crippen LogP contribution in [0.4, 0.5) is 0 Å². The molecule has 0 saturated heterocycles. The van der Waals surface area contributed by atoms with Crippen molar-refractivity contribution in [1.82, 2.24) is 0 Å². The van der Waals surface area contributed by atoms with Crippen LogP contribution in [0.15, 0.2) is 66.7 Å². The summed E-state index contributed by atoms with van der Waals surface area (Å²) in [4.78, 5) is 0. The lowest BCUT2D eigenvalue weighted by atomic mass is 10.0. The van der Waals surface area contributed by atoms with Crippen molar-refractivity contribution in [2.24, 2.45) is 0 Å². The van der Waals surface area contributed by atoms with Crippen molar-refractivity contribution in [2.45, 2.75) is 39.4 Å². The number of methoxy groups -OCH3 is 1. The smallest absolute Gasteiger partial charge is 0.134 e. The molecule has 0 bridgehead atoms. The molecule has 2 heteroatoms. The second-order valence-electron chi connectivity index (χ2n) is 7.69. The van der Waals surface area contributed by atoms with Crippen molar-refractivity contribution in [3.8, 4) is 41.8 Å². The summed E-state index contributed by atoms with van der Waals surface area (Å²) in [6.07, 6.45) is 6.72. The third kappa shape index (κ3) is 7.05. The van der Waals surface area contributed by atoms with Crippen LogP contribution < -0.4 is 4.74 Å². The number of terminal acetylenes is 1. The Hall–Kier alpha value is -3.90. The van der Waals surface area contributed by atoms with Crippen molar-refractivity contribution in [3.05, 3.63) is 100 Å². The van der Waals surface area contributed by atoms with Crippen molar-refractivity contribution < 1.29 is 9.47 Å². The van der Waals surface area contributed by atoms with E-state index in [2.05, 4.69) is 54.7 Å². The molecule has 0 amide bonds. The van der Waals surface area contributed by atoms with Gasteiger partial charge in [-0.15, -0.1) is 12.3 Å². The van der Waals surface area contributed by atoms with E-state index >= 15 is 0 Å². The van der Waals surface area contributed by atoms with E-state index in [1.54, 1.807) is 7.11 Å². The average Bonchev–Trinajstić information content (AvgIpc) is 2.85. The molecule has 33 heavy (non-hydrogen) atoms. The lowest BCUT2D eigenvalue weighted by molar-refractivity contribution is 0.0898. The fourth-order valence-corrected chi connectivity index (χ4v) is 3.28. The molecule has 0 fully saturated rings. The molecule has 0 spiro atoms. The minimum Gasteiger partial charge on any atom is -0.495 e. The van der Waals surface area contributed by atoms with Gasteiger partial charge in [0.15, 0.2) is 0 Å². The van der Waals surface area contributed by atoms with Gasteiger partial charge < -0.3 is 9.47 Å². The Morgan fingerprint density at radius 2 is 1.64 bits per heavy atom. The van der Waals surface area contributed by atoms with Crippen LogP contribution in [-0.2, 0) is 17.8 Å². The maximum absolute atomic E-state index is 6.02. The highest BCUT2D eigenvalue weighted by Crippen LogP contribution is 2.23. The van der Waals surface area contributed by atoms with Gasteiger partial charge in [0.05, 0.1) is 19.3 Å². The van der Waals surface area contributed by atoms with Gasteiger partial charge in [0.25, 0.3) is 0 Å². The van der Waals surface area contributed by atoms with Crippen LogP contribution >= 0.6 is 0 Å². The van der Waals surface area contributed by atoms with Gasteiger partial charge in [-0.05, 0) is 55.7 Å². The zero-order valence-corrected chi connectivity index (χ0v) is 19.4. The largest absolute Gasteiger partial charge is 0.495 e. The first kappa shape index (κ1) is 23.8. The monoisotopic (exact) mass is 432 g/mol. The number of rotatable bonds is 6. The number of benzene rings is 3. The topological polar surface area (TPSA) is 18.5 Å². The molecule has 0 unspecified atom stereocenters. The van der Waals surface area contributed by atoms with Gasteiger partial charge in [0.2, 0.25) is 0 Å². The first-order valence-electron chi connectivity index (χ1n) is 11.0. The van der Waals surface area contributed by atoms with Gasteiger partial charge in [-0.2, -0.15) is 0 Å². The SMILES string of the molecule is C#CCCc1ccccc1C#Cc1c(CO[C@@H](C)C#Cc2ccc(C)cc2)cccc1OC. The predicted molar refractivity (Wildman–Crippen MR) is 135 cm³/mol. The second kappa shape index (κ2) is 12.2. The number of hydrogen-bond acceptors (Lipinski definition) is 2. The summed E-state index contributed by atoms with van der Waals surface area (Å²) < 4.78 is 11.6. The number of aryl methyl sites for hydroxylation is 2. The molecule has 0 saturated carbocycles. The van der Waals surface area contributed by atoms with E-state index in [1.807, 2.05) is 55.5 Å². The molecule has 0 aliphatic rings. The predicted octanol–water partition coefficient (Wildman–Crippen LogP) is 5.93. The Kier molecular flexibility index (Phi) is 8.79. The molecule has 1 atom stereocenters. The van der Waals surface area contributed by atoms with Gasteiger partial charge in [-0.1, -0.05) is 71.7 Å². The Morgan fingerprint density at radius 1 is 0.879 bits per heavy atom. The molecule has 3 aromatic carbocycles. The molecule has 0 N–H and O–H groups in total. The van der Waals surface area contributed by atoms with Crippen LogP contribution in [-0.4, -0.2) is 13.2 Å². The van der Waals surface area contributed by atoms with E-state index in [0.29, 0.717) is 13.0 Å². The summed E-state index contributed by atoms with van der Waals surface area (Å²) in [5.41, 5.74) is 6.11. The van der Waals surface area contributed by atoms with Gasteiger partial charge in [0.1, 0.15) is 11.9 Å². The molecule has 0 radical (unpaired) electrons. The first-order chi connectivity index (χ1) is 16.1. The molecule has 3 aromatic rings. The van der Waals surface area contributed by atoms with Crippen molar-refractivity contribution in [2.75, 3.05) is 7.11 Å². The van der Waals surface area contributed by atoms with Gasteiger partial charge in [-0.25, -0.2) is 0 Å². The van der Waals surface area contributed by atoms with Gasteiger partial charge in [-0.3, -0.25) is 0 Å². The minimum absolute atomic E-state index is 0.220. The molecular formula is C31H28O2. The first-order valence-corrected chi connectivity index (χ1v) is 11.0. The fourth-order valence-electron chi connectivity index (χ4n) is 3.28. The third-order valence-electron chi connectivity index (χ3n) is 5.17. The molecule has 0 aliphatic carbocycles.